The Hall–Kier alpha value is -2.51. The largest absolute Gasteiger partial charge is 0.387 e. The number of non-ortho nitro benzene ring substituents is 1. The standard InChI is InChI=1S/C19H22FN3O3/c1-21(18-8-7-16(23(25)26)11-17(18)20)13-19(24)9-10-22(14-19)12-15-5-3-2-4-6-15/h2-8,11,24H,9-10,12-14H2,1H3. The molecule has 0 amide bonds. The van der Waals surface area contributed by atoms with Crippen LogP contribution >= 0.6 is 0 Å². The summed E-state index contributed by atoms with van der Waals surface area (Å²) in [5.41, 5.74) is 0.197. The van der Waals surface area contributed by atoms with Crippen LogP contribution in [0.1, 0.15) is 12.0 Å². The van der Waals surface area contributed by atoms with Crippen molar-refractivity contribution in [3.05, 3.63) is 70.0 Å². The minimum absolute atomic E-state index is 0.241. The van der Waals surface area contributed by atoms with Gasteiger partial charge in [0.15, 0.2) is 5.82 Å². The third kappa shape index (κ3) is 4.17. The van der Waals surface area contributed by atoms with Crippen LogP contribution in [0.15, 0.2) is 48.5 Å². The number of hydrogen-bond donors (Lipinski definition) is 1. The summed E-state index contributed by atoms with van der Waals surface area (Å²) in [4.78, 5) is 13.9. The maximum absolute atomic E-state index is 14.2. The fourth-order valence-corrected chi connectivity index (χ4v) is 3.49. The summed E-state index contributed by atoms with van der Waals surface area (Å²) in [5.74, 6) is -0.663. The Morgan fingerprint density at radius 1 is 1.31 bits per heavy atom. The van der Waals surface area contributed by atoms with Crippen molar-refractivity contribution in [2.45, 2.75) is 18.6 Å². The molecule has 0 aromatic heterocycles. The molecule has 1 fully saturated rings. The second-order valence-electron chi connectivity index (χ2n) is 6.92. The van der Waals surface area contributed by atoms with E-state index in [0.29, 0.717) is 13.0 Å². The maximum atomic E-state index is 14.2. The number of likely N-dealkylation sites (N-methyl/N-ethyl adjacent to an activating group) is 1. The fourth-order valence-electron chi connectivity index (χ4n) is 3.49. The third-order valence-corrected chi connectivity index (χ3v) is 4.75. The molecule has 1 heterocycles. The minimum atomic E-state index is -0.947. The Labute approximate surface area is 151 Å². The van der Waals surface area contributed by atoms with Gasteiger partial charge < -0.3 is 10.0 Å². The van der Waals surface area contributed by atoms with Crippen molar-refractivity contribution in [3.8, 4) is 0 Å². The second-order valence-corrected chi connectivity index (χ2v) is 6.92. The van der Waals surface area contributed by atoms with E-state index in [1.807, 2.05) is 18.2 Å². The smallest absolute Gasteiger partial charge is 0.272 e. The highest BCUT2D eigenvalue weighted by Gasteiger charge is 2.37. The van der Waals surface area contributed by atoms with E-state index in [2.05, 4.69) is 17.0 Å². The Balaban J connectivity index is 1.64. The molecule has 1 aliphatic rings. The maximum Gasteiger partial charge on any atom is 0.272 e. The predicted molar refractivity (Wildman–Crippen MR) is 97.6 cm³/mol. The van der Waals surface area contributed by atoms with Crippen LogP contribution in [0.2, 0.25) is 0 Å². The summed E-state index contributed by atoms with van der Waals surface area (Å²) >= 11 is 0. The van der Waals surface area contributed by atoms with Crippen LogP contribution in [0.25, 0.3) is 0 Å². The highest BCUT2D eigenvalue weighted by Crippen LogP contribution is 2.28. The molecule has 1 saturated heterocycles. The SMILES string of the molecule is CN(CC1(O)CCN(Cc2ccccc2)C1)c1ccc([N+](=O)[O-])cc1F. The molecule has 138 valence electrons. The number of aliphatic hydroxyl groups is 1. The molecular weight excluding hydrogens is 337 g/mol. The van der Waals surface area contributed by atoms with Crippen molar-refractivity contribution in [2.24, 2.45) is 0 Å². The van der Waals surface area contributed by atoms with E-state index in [4.69, 9.17) is 0 Å². The molecule has 6 nitrogen and oxygen atoms in total. The topological polar surface area (TPSA) is 69.8 Å². The molecule has 3 rings (SSSR count). The van der Waals surface area contributed by atoms with Crippen molar-refractivity contribution >= 4 is 11.4 Å². The van der Waals surface area contributed by atoms with Crippen LogP contribution in [0.5, 0.6) is 0 Å². The number of nitrogens with zero attached hydrogens (tertiary/aromatic N) is 3. The van der Waals surface area contributed by atoms with Gasteiger partial charge in [0.2, 0.25) is 0 Å². The van der Waals surface area contributed by atoms with E-state index in [-0.39, 0.29) is 17.9 Å². The molecule has 2 aromatic rings. The Morgan fingerprint density at radius 3 is 2.69 bits per heavy atom. The van der Waals surface area contributed by atoms with Gasteiger partial charge >= 0.3 is 0 Å². The zero-order valence-corrected chi connectivity index (χ0v) is 14.6. The van der Waals surface area contributed by atoms with E-state index in [1.54, 1.807) is 11.9 Å². The third-order valence-electron chi connectivity index (χ3n) is 4.75. The van der Waals surface area contributed by atoms with Gasteiger partial charge in [-0.3, -0.25) is 15.0 Å². The van der Waals surface area contributed by atoms with Crippen molar-refractivity contribution in [2.75, 3.05) is 31.6 Å². The van der Waals surface area contributed by atoms with Crippen LogP contribution in [0, 0.1) is 15.9 Å². The van der Waals surface area contributed by atoms with Crippen molar-refractivity contribution in [1.82, 2.24) is 4.90 Å². The summed E-state index contributed by atoms with van der Waals surface area (Å²) < 4.78 is 14.2. The molecule has 26 heavy (non-hydrogen) atoms. The van der Waals surface area contributed by atoms with Crippen LogP contribution in [0.4, 0.5) is 15.8 Å². The average molecular weight is 359 g/mol. The molecule has 0 aliphatic carbocycles. The molecule has 1 unspecified atom stereocenters. The van der Waals surface area contributed by atoms with Crippen LogP contribution in [0.3, 0.4) is 0 Å². The number of anilines is 1. The molecular formula is C19H22FN3O3. The summed E-state index contributed by atoms with van der Waals surface area (Å²) in [7, 11) is 1.68. The van der Waals surface area contributed by atoms with Gasteiger partial charge in [-0.1, -0.05) is 30.3 Å². The molecule has 0 bridgehead atoms. The van der Waals surface area contributed by atoms with Crippen LogP contribution < -0.4 is 4.90 Å². The molecule has 1 N–H and O–H groups in total. The van der Waals surface area contributed by atoms with Crippen molar-refractivity contribution < 1.29 is 14.4 Å². The van der Waals surface area contributed by atoms with E-state index in [0.717, 1.165) is 19.2 Å². The van der Waals surface area contributed by atoms with Gasteiger partial charge in [-0.15, -0.1) is 0 Å². The monoisotopic (exact) mass is 359 g/mol. The Bertz CT molecular complexity index is 787. The molecule has 1 atom stereocenters. The van der Waals surface area contributed by atoms with Gasteiger partial charge in [-0.05, 0) is 18.1 Å². The lowest BCUT2D eigenvalue weighted by molar-refractivity contribution is -0.385. The van der Waals surface area contributed by atoms with Gasteiger partial charge in [-0.25, -0.2) is 4.39 Å². The van der Waals surface area contributed by atoms with E-state index >= 15 is 0 Å². The molecule has 1 aliphatic heterocycles. The van der Waals surface area contributed by atoms with Crippen molar-refractivity contribution in [1.29, 1.82) is 0 Å². The molecule has 0 spiro atoms. The lowest BCUT2D eigenvalue weighted by Crippen LogP contribution is -2.44. The first-order chi connectivity index (χ1) is 12.4. The quantitative estimate of drug-likeness (QED) is 0.634. The normalized spacial score (nSPS) is 20.3. The lowest BCUT2D eigenvalue weighted by Gasteiger charge is -2.30. The predicted octanol–water partition coefficient (Wildman–Crippen LogP) is 2.81. The summed E-state index contributed by atoms with van der Waals surface area (Å²) in [6, 6.07) is 13.6. The number of halogens is 1. The summed E-state index contributed by atoms with van der Waals surface area (Å²) in [6.45, 7) is 2.29. The fraction of sp³-hybridized carbons (Fsp3) is 0.368. The number of β-amino-alcohol motifs (C(OH)–C–C–N with tert-alkyl or cyclic N) is 1. The zero-order chi connectivity index (χ0) is 18.7. The highest BCUT2D eigenvalue weighted by atomic mass is 19.1. The first-order valence-corrected chi connectivity index (χ1v) is 8.50. The number of nitro groups is 1. The van der Waals surface area contributed by atoms with Crippen LogP contribution in [-0.4, -0.2) is 47.2 Å². The van der Waals surface area contributed by atoms with Crippen LogP contribution in [-0.2, 0) is 6.54 Å². The summed E-state index contributed by atoms with van der Waals surface area (Å²) in [6.07, 6.45) is 0.596. The lowest BCUT2D eigenvalue weighted by atomic mass is 10.0. The number of likely N-dealkylation sites (tertiary alicyclic amines) is 1. The van der Waals surface area contributed by atoms with Gasteiger partial charge in [-0.2, -0.15) is 0 Å². The molecule has 7 heteroatoms. The first-order valence-electron chi connectivity index (χ1n) is 8.50. The Morgan fingerprint density at radius 2 is 2.04 bits per heavy atom. The molecule has 2 aromatic carbocycles. The zero-order valence-electron chi connectivity index (χ0n) is 14.6. The van der Waals surface area contributed by atoms with E-state index in [1.165, 1.54) is 17.7 Å². The van der Waals surface area contributed by atoms with E-state index < -0.39 is 16.3 Å². The highest BCUT2D eigenvalue weighted by molar-refractivity contribution is 5.52. The molecule has 0 radical (unpaired) electrons. The van der Waals surface area contributed by atoms with Gasteiger partial charge in [0, 0.05) is 39.3 Å². The Kier molecular flexibility index (Phi) is 5.20. The van der Waals surface area contributed by atoms with Crippen molar-refractivity contribution in [3.63, 3.8) is 0 Å². The van der Waals surface area contributed by atoms with Gasteiger partial charge in [0.1, 0.15) is 0 Å². The number of nitro benzene ring substituents is 1. The molecule has 0 saturated carbocycles. The first kappa shape index (κ1) is 18.3. The number of benzene rings is 2. The van der Waals surface area contributed by atoms with Gasteiger partial charge in [0.05, 0.1) is 22.3 Å². The van der Waals surface area contributed by atoms with Gasteiger partial charge in [0.25, 0.3) is 5.69 Å². The average Bonchev–Trinajstić information content (AvgIpc) is 2.95. The summed E-state index contributed by atoms with van der Waals surface area (Å²) in [5, 5.41) is 21.6. The second kappa shape index (κ2) is 7.39. The minimum Gasteiger partial charge on any atom is -0.387 e. The van der Waals surface area contributed by atoms with E-state index in [9.17, 15) is 19.6 Å². The number of rotatable bonds is 6. The number of hydrogen-bond acceptors (Lipinski definition) is 5.